The van der Waals surface area contributed by atoms with Crippen molar-refractivity contribution in [3.63, 3.8) is 0 Å². The fraction of sp³-hybridized carbons (Fsp3) is 0.333. The Labute approximate surface area is 166 Å². The molecule has 0 N–H and O–H groups in total. The summed E-state index contributed by atoms with van der Waals surface area (Å²) in [4.78, 5) is 20.0. The minimum absolute atomic E-state index is 0.182. The standard InChI is InChI=1S/C24H26N2O2/c1-16-21-6-4-5-7-23(21)25-17(2)22(16)14-24(27)26(19-10-11-19)15-18-8-12-20(28-3)13-9-18/h4-9,12-13,19H,10-11,14-15H2,1-3H3. The maximum absolute atomic E-state index is 13.2. The fourth-order valence-electron chi connectivity index (χ4n) is 3.82. The molecule has 144 valence electrons. The lowest BCUT2D eigenvalue weighted by atomic mass is 9.99. The maximum Gasteiger partial charge on any atom is 0.227 e. The molecule has 0 spiro atoms. The molecule has 1 amide bonds. The Kier molecular flexibility index (Phi) is 5.03. The average Bonchev–Trinajstić information content (AvgIpc) is 3.54. The monoisotopic (exact) mass is 374 g/mol. The number of carbonyl (C=O) groups excluding carboxylic acids is 1. The van der Waals surface area contributed by atoms with Crippen molar-refractivity contribution in [2.75, 3.05) is 7.11 Å². The smallest absolute Gasteiger partial charge is 0.227 e. The van der Waals surface area contributed by atoms with E-state index in [2.05, 4.69) is 13.0 Å². The van der Waals surface area contributed by atoms with E-state index in [0.717, 1.165) is 51.9 Å². The van der Waals surface area contributed by atoms with Crippen LogP contribution in [0.2, 0.25) is 0 Å². The van der Waals surface area contributed by atoms with E-state index in [-0.39, 0.29) is 5.91 Å². The first-order valence-corrected chi connectivity index (χ1v) is 9.84. The Morgan fingerprint density at radius 3 is 2.50 bits per heavy atom. The molecule has 0 saturated heterocycles. The largest absolute Gasteiger partial charge is 0.497 e. The molecule has 1 heterocycles. The predicted octanol–water partition coefficient (Wildman–Crippen LogP) is 4.59. The van der Waals surface area contributed by atoms with E-state index < -0.39 is 0 Å². The number of fused-ring (bicyclic) bond motifs is 1. The van der Waals surface area contributed by atoms with E-state index in [1.807, 2.05) is 54.3 Å². The number of methoxy groups -OCH3 is 1. The van der Waals surface area contributed by atoms with Crippen molar-refractivity contribution in [2.24, 2.45) is 0 Å². The van der Waals surface area contributed by atoms with Crippen LogP contribution >= 0.6 is 0 Å². The Morgan fingerprint density at radius 2 is 1.82 bits per heavy atom. The lowest BCUT2D eigenvalue weighted by Crippen LogP contribution is -2.34. The maximum atomic E-state index is 13.2. The van der Waals surface area contributed by atoms with Gasteiger partial charge in [0.15, 0.2) is 0 Å². The van der Waals surface area contributed by atoms with Gasteiger partial charge < -0.3 is 9.64 Å². The van der Waals surface area contributed by atoms with E-state index in [1.165, 1.54) is 0 Å². The summed E-state index contributed by atoms with van der Waals surface area (Å²) in [6, 6.07) is 16.5. The van der Waals surface area contributed by atoms with Crippen molar-refractivity contribution < 1.29 is 9.53 Å². The summed E-state index contributed by atoms with van der Waals surface area (Å²) >= 11 is 0. The Bertz CT molecular complexity index is 1010. The second kappa shape index (κ2) is 7.63. The number of hydrogen-bond acceptors (Lipinski definition) is 3. The number of amides is 1. The van der Waals surface area contributed by atoms with Gasteiger partial charge in [-0.1, -0.05) is 30.3 Å². The van der Waals surface area contributed by atoms with Gasteiger partial charge in [0, 0.05) is 23.7 Å². The van der Waals surface area contributed by atoms with Gasteiger partial charge in [0.2, 0.25) is 5.91 Å². The quantitative estimate of drug-likeness (QED) is 0.633. The zero-order chi connectivity index (χ0) is 19.7. The van der Waals surface area contributed by atoms with Gasteiger partial charge >= 0.3 is 0 Å². The zero-order valence-corrected chi connectivity index (χ0v) is 16.7. The molecule has 1 aromatic heterocycles. The minimum atomic E-state index is 0.182. The second-order valence-electron chi connectivity index (χ2n) is 7.60. The van der Waals surface area contributed by atoms with Crippen molar-refractivity contribution in [3.05, 3.63) is 70.9 Å². The lowest BCUT2D eigenvalue weighted by molar-refractivity contribution is -0.131. The molecule has 0 unspecified atom stereocenters. The molecular formula is C24H26N2O2. The van der Waals surface area contributed by atoms with Crippen LogP contribution in [0.25, 0.3) is 10.9 Å². The van der Waals surface area contributed by atoms with Crippen LogP contribution in [0.1, 0.15) is 35.2 Å². The van der Waals surface area contributed by atoms with Crippen molar-refractivity contribution in [1.29, 1.82) is 0 Å². The molecule has 0 atom stereocenters. The van der Waals surface area contributed by atoms with Crippen LogP contribution in [-0.4, -0.2) is 28.9 Å². The molecule has 0 aliphatic heterocycles. The first kappa shape index (κ1) is 18.5. The number of aromatic nitrogens is 1. The number of carbonyl (C=O) groups is 1. The van der Waals surface area contributed by atoms with Crippen LogP contribution in [-0.2, 0) is 17.8 Å². The SMILES string of the molecule is COc1ccc(CN(C(=O)Cc2c(C)nc3ccccc3c2C)C2CC2)cc1. The Balaban J connectivity index is 1.57. The molecule has 4 heteroatoms. The summed E-state index contributed by atoms with van der Waals surface area (Å²) in [5.41, 5.74) is 5.29. The Hall–Kier alpha value is -2.88. The molecule has 1 saturated carbocycles. The lowest BCUT2D eigenvalue weighted by Gasteiger charge is -2.24. The van der Waals surface area contributed by atoms with Gasteiger partial charge in [-0.05, 0) is 61.6 Å². The van der Waals surface area contributed by atoms with Crippen LogP contribution in [0.5, 0.6) is 5.75 Å². The van der Waals surface area contributed by atoms with E-state index >= 15 is 0 Å². The molecule has 28 heavy (non-hydrogen) atoms. The highest BCUT2D eigenvalue weighted by molar-refractivity contribution is 5.86. The first-order chi connectivity index (χ1) is 13.6. The average molecular weight is 374 g/mol. The molecule has 1 fully saturated rings. The van der Waals surface area contributed by atoms with Crippen LogP contribution in [0.4, 0.5) is 0 Å². The summed E-state index contributed by atoms with van der Waals surface area (Å²) in [6.07, 6.45) is 2.59. The summed E-state index contributed by atoms with van der Waals surface area (Å²) in [5.74, 6) is 1.02. The van der Waals surface area contributed by atoms with Gasteiger partial charge in [0.25, 0.3) is 0 Å². The van der Waals surface area contributed by atoms with Gasteiger partial charge in [-0.25, -0.2) is 0 Å². The highest BCUT2D eigenvalue weighted by atomic mass is 16.5. The second-order valence-corrected chi connectivity index (χ2v) is 7.60. The van der Waals surface area contributed by atoms with Gasteiger partial charge in [0.05, 0.1) is 19.0 Å². The summed E-state index contributed by atoms with van der Waals surface area (Å²) in [7, 11) is 1.66. The number of para-hydroxylation sites is 1. The highest BCUT2D eigenvalue weighted by Gasteiger charge is 2.33. The van der Waals surface area contributed by atoms with Crippen LogP contribution < -0.4 is 4.74 Å². The fourth-order valence-corrected chi connectivity index (χ4v) is 3.82. The van der Waals surface area contributed by atoms with Crippen molar-refractivity contribution >= 4 is 16.8 Å². The van der Waals surface area contributed by atoms with E-state index in [0.29, 0.717) is 19.0 Å². The third-order valence-corrected chi connectivity index (χ3v) is 5.63. The summed E-state index contributed by atoms with van der Waals surface area (Å²) < 4.78 is 5.23. The van der Waals surface area contributed by atoms with E-state index in [9.17, 15) is 4.79 Å². The molecule has 4 nitrogen and oxygen atoms in total. The molecule has 4 rings (SSSR count). The molecule has 3 aromatic rings. The zero-order valence-electron chi connectivity index (χ0n) is 16.7. The Morgan fingerprint density at radius 1 is 1.11 bits per heavy atom. The molecule has 1 aliphatic carbocycles. The molecule has 0 bridgehead atoms. The molecule has 2 aromatic carbocycles. The van der Waals surface area contributed by atoms with Crippen LogP contribution in [0.15, 0.2) is 48.5 Å². The number of pyridine rings is 1. The number of hydrogen-bond donors (Lipinski definition) is 0. The van der Waals surface area contributed by atoms with Crippen molar-refractivity contribution in [1.82, 2.24) is 9.88 Å². The normalized spacial score (nSPS) is 13.5. The summed E-state index contributed by atoms with van der Waals surface area (Å²) in [5, 5.41) is 1.13. The van der Waals surface area contributed by atoms with Crippen LogP contribution in [0, 0.1) is 13.8 Å². The number of aryl methyl sites for hydroxylation is 2. The van der Waals surface area contributed by atoms with E-state index in [1.54, 1.807) is 7.11 Å². The first-order valence-electron chi connectivity index (χ1n) is 9.84. The molecular weight excluding hydrogens is 348 g/mol. The van der Waals surface area contributed by atoms with E-state index in [4.69, 9.17) is 9.72 Å². The summed E-state index contributed by atoms with van der Waals surface area (Å²) in [6.45, 7) is 4.75. The number of nitrogens with zero attached hydrogens (tertiary/aromatic N) is 2. The molecule has 1 aliphatic rings. The van der Waals surface area contributed by atoms with Gasteiger partial charge in [0.1, 0.15) is 5.75 Å². The third-order valence-electron chi connectivity index (χ3n) is 5.63. The van der Waals surface area contributed by atoms with Crippen molar-refractivity contribution in [3.8, 4) is 5.75 Å². The molecule has 0 radical (unpaired) electrons. The topological polar surface area (TPSA) is 42.4 Å². The van der Waals surface area contributed by atoms with Gasteiger partial charge in [-0.3, -0.25) is 9.78 Å². The highest BCUT2D eigenvalue weighted by Crippen LogP contribution is 2.30. The van der Waals surface area contributed by atoms with Crippen molar-refractivity contribution in [2.45, 2.75) is 45.7 Å². The third kappa shape index (κ3) is 3.72. The predicted molar refractivity (Wildman–Crippen MR) is 111 cm³/mol. The number of ether oxygens (including phenoxy) is 1. The van der Waals surface area contributed by atoms with Gasteiger partial charge in [-0.15, -0.1) is 0 Å². The minimum Gasteiger partial charge on any atom is -0.497 e. The number of benzene rings is 2. The van der Waals surface area contributed by atoms with Gasteiger partial charge in [-0.2, -0.15) is 0 Å². The number of rotatable bonds is 6. The van der Waals surface area contributed by atoms with Crippen LogP contribution in [0.3, 0.4) is 0 Å².